The second-order valence-electron chi connectivity index (χ2n) is 4.74. The average Bonchev–Trinajstić information content (AvgIpc) is 2.28. The van der Waals surface area contributed by atoms with Gasteiger partial charge in [0.15, 0.2) is 0 Å². The van der Waals surface area contributed by atoms with Crippen molar-refractivity contribution in [2.75, 3.05) is 19.7 Å². The summed E-state index contributed by atoms with van der Waals surface area (Å²) in [5.41, 5.74) is -1.00. The Kier molecular flexibility index (Phi) is 3.45. The Bertz CT molecular complexity index is 395. The molecule has 1 aromatic rings. The average molecular weight is 241 g/mol. The van der Waals surface area contributed by atoms with Crippen LogP contribution < -0.4 is 5.32 Å². The molecular weight excluding hydrogens is 224 g/mol. The van der Waals surface area contributed by atoms with Gasteiger partial charge in [-0.25, -0.2) is 8.78 Å². The highest BCUT2D eigenvalue weighted by Gasteiger charge is 2.30. The van der Waals surface area contributed by atoms with E-state index in [0.29, 0.717) is 18.7 Å². The fourth-order valence-corrected chi connectivity index (χ4v) is 2.20. The van der Waals surface area contributed by atoms with Gasteiger partial charge >= 0.3 is 0 Å². The molecule has 1 aliphatic rings. The van der Waals surface area contributed by atoms with Gasteiger partial charge in [-0.05, 0) is 25.5 Å². The number of halogens is 2. The van der Waals surface area contributed by atoms with E-state index >= 15 is 0 Å². The van der Waals surface area contributed by atoms with Crippen molar-refractivity contribution in [3.63, 3.8) is 0 Å². The van der Waals surface area contributed by atoms with Crippen molar-refractivity contribution in [3.8, 4) is 0 Å². The number of rotatable bonds is 2. The van der Waals surface area contributed by atoms with E-state index in [-0.39, 0.29) is 11.7 Å². The second-order valence-corrected chi connectivity index (χ2v) is 4.74. The van der Waals surface area contributed by atoms with Crippen LogP contribution in [0.3, 0.4) is 0 Å². The maximum Gasteiger partial charge on any atom is 0.133 e. The quantitative estimate of drug-likeness (QED) is 0.859. The van der Waals surface area contributed by atoms with Crippen molar-refractivity contribution in [1.29, 1.82) is 0 Å². The SMILES string of the molecule is CC(C)(F)c1c(F)cccc1C1CNCCO1. The molecular formula is C13H17F2NO. The summed E-state index contributed by atoms with van der Waals surface area (Å²) in [6.45, 7) is 4.66. The van der Waals surface area contributed by atoms with E-state index < -0.39 is 11.5 Å². The topological polar surface area (TPSA) is 21.3 Å². The minimum atomic E-state index is -1.71. The fraction of sp³-hybridized carbons (Fsp3) is 0.538. The molecule has 2 nitrogen and oxygen atoms in total. The van der Waals surface area contributed by atoms with Crippen LogP contribution in [-0.2, 0) is 10.4 Å². The minimum Gasteiger partial charge on any atom is -0.371 e. The summed E-state index contributed by atoms with van der Waals surface area (Å²) >= 11 is 0. The lowest BCUT2D eigenvalue weighted by molar-refractivity contribution is 0.0249. The number of benzene rings is 1. The lowest BCUT2D eigenvalue weighted by Crippen LogP contribution is -2.34. The summed E-state index contributed by atoms with van der Waals surface area (Å²) in [4.78, 5) is 0. The van der Waals surface area contributed by atoms with Crippen molar-refractivity contribution >= 4 is 0 Å². The van der Waals surface area contributed by atoms with E-state index in [1.807, 2.05) is 0 Å². The lowest BCUT2D eigenvalue weighted by atomic mass is 9.91. The molecule has 1 heterocycles. The van der Waals surface area contributed by atoms with Crippen molar-refractivity contribution in [3.05, 3.63) is 35.1 Å². The van der Waals surface area contributed by atoms with E-state index in [4.69, 9.17) is 4.74 Å². The molecule has 0 radical (unpaired) electrons. The molecule has 1 aromatic carbocycles. The summed E-state index contributed by atoms with van der Waals surface area (Å²) in [6, 6.07) is 4.62. The number of ether oxygens (including phenoxy) is 1. The van der Waals surface area contributed by atoms with Crippen LogP contribution in [0.4, 0.5) is 8.78 Å². The first-order chi connectivity index (χ1) is 8.00. The van der Waals surface area contributed by atoms with Crippen LogP contribution in [0.2, 0.25) is 0 Å². The molecule has 0 saturated carbocycles. The predicted molar refractivity (Wildman–Crippen MR) is 62.1 cm³/mol. The molecule has 1 unspecified atom stereocenters. The van der Waals surface area contributed by atoms with Gasteiger partial charge in [0.2, 0.25) is 0 Å². The third-order valence-electron chi connectivity index (χ3n) is 2.91. The second kappa shape index (κ2) is 4.70. The molecule has 0 spiro atoms. The summed E-state index contributed by atoms with van der Waals surface area (Å²) in [7, 11) is 0. The Morgan fingerprint density at radius 2 is 2.18 bits per heavy atom. The summed E-state index contributed by atoms with van der Waals surface area (Å²) in [5, 5.41) is 3.16. The monoisotopic (exact) mass is 241 g/mol. The van der Waals surface area contributed by atoms with Crippen LogP contribution in [0, 0.1) is 5.82 Å². The maximum atomic E-state index is 14.1. The summed E-state index contributed by atoms with van der Waals surface area (Å²) in [6.07, 6.45) is -0.274. The van der Waals surface area contributed by atoms with E-state index in [0.717, 1.165) is 6.54 Å². The first-order valence-electron chi connectivity index (χ1n) is 5.80. The van der Waals surface area contributed by atoms with Crippen LogP contribution in [-0.4, -0.2) is 19.7 Å². The van der Waals surface area contributed by atoms with Crippen molar-refractivity contribution in [1.82, 2.24) is 5.32 Å². The van der Waals surface area contributed by atoms with E-state index in [2.05, 4.69) is 5.32 Å². The largest absolute Gasteiger partial charge is 0.371 e. The zero-order valence-corrected chi connectivity index (χ0v) is 10.1. The standard InChI is InChI=1S/C13H17F2NO/c1-13(2,15)12-9(4-3-5-10(12)14)11-8-16-6-7-17-11/h3-5,11,16H,6-8H2,1-2H3. The lowest BCUT2D eigenvalue weighted by Gasteiger charge is -2.28. The number of morpholine rings is 1. The third kappa shape index (κ3) is 2.64. The van der Waals surface area contributed by atoms with E-state index in [1.165, 1.54) is 19.9 Å². The molecule has 0 bridgehead atoms. The molecule has 0 aromatic heterocycles. The van der Waals surface area contributed by atoms with Gasteiger partial charge in [0, 0.05) is 18.7 Å². The molecule has 17 heavy (non-hydrogen) atoms. The Morgan fingerprint density at radius 3 is 2.76 bits per heavy atom. The predicted octanol–water partition coefficient (Wildman–Crippen LogP) is 2.69. The molecule has 2 rings (SSSR count). The Labute approximate surface area is 100.0 Å². The van der Waals surface area contributed by atoms with Gasteiger partial charge in [-0.1, -0.05) is 12.1 Å². The van der Waals surface area contributed by atoms with E-state index in [1.54, 1.807) is 12.1 Å². The molecule has 94 valence electrons. The zero-order chi connectivity index (χ0) is 12.5. The molecule has 1 saturated heterocycles. The minimum absolute atomic E-state index is 0.105. The highest BCUT2D eigenvalue weighted by atomic mass is 19.1. The first-order valence-corrected chi connectivity index (χ1v) is 5.80. The van der Waals surface area contributed by atoms with Crippen LogP contribution >= 0.6 is 0 Å². The highest BCUT2D eigenvalue weighted by molar-refractivity contribution is 5.35. The summed E-state index contributed by atoms with van der Waals surface area (Å²) in [5.74, 6) is -0.510. The Balaban J connectivity index is 2.42. The van der Waals surface area contributed by atoms with Crippen molar-refractivity contribution in [2.45, 2.75) is 25.6 Å². The fourth-order valence-electron chi connectivity index (χ4n) is 2.20. The van der Waals surface area contributed by atoms with Gasteiger partial charge in [0.05, 0.1) is 12.7 Å². The molecule has 4 heteroatoms. The molecule has 1 N–H and O–H groups in total. The zero-order valence-electron chi connectivity index (χ0n) is 10.1. The third-order valence-corrected chi connectivity index (χ3v) is 2.91. The number of hydrogen-bond donors (Lipinski definition) is 1. The van der Waals surface area contributed by atoms with Crippen LogP contribution in [0.5, 0.6) is 0 Å². The van der Waals surface area contributed by atoms with Gasteiger partial charge in [-0.2, -0.15) is 0 Å². The van der Waals surface area contributed by atoms with Gasteiger partial charge in [0.1, 0.15) is 11.5 Å². The Morgan fingerprint density at radius 1 is 1.41 bits per heavy atom. The van der Waals surface area contributed by atoms with E-state index in [9.17, 15) is 8.78 Å². The van der Waals surface area contributed by atoms with Crippen molar-refractivity contribution < 1.29 is 13.5 Å². The molecule has 1 aliphatic heterocycles. The van der Waals surface area contributed by atoms with Gasteiger partial charge < -0.3 is 10.1 Å². The molecule has 0 aliphatic carbocycles. The normalized spacial score (nSPS) is 21.5. The molecule has 0 amide bonds. The van der Waals surface area contributed by atoms with Crippen LogP contribution in [0.15, 0.2) is 18.2 Å². The van der Waals surface area contributed by atoms with Gasteiger partial charge in [-0.15, -0.1) is 0 Å². The van der Waals surface area contributed by atoms with Gasteiger partial charge in [0.25, 0.3) is 0 Å². The number of nitrogens with one attached hydrogen (secondary N) is 1. The molecule has 1 fully saturated rings. The maximum absolute atomic E-state index is 14.1. The van der Waals surface area contributed by atoms with Crippen LogP contribution in [0.1, 0.15) is 31.1 Å². The van der Waals surface area contributed by atoms with Gasteiger partial charge in [-0.3, -0.25) is 0 Å². The smallest absolute Gasteiger partial charge is 0.133 e. The van der Waals surface area contributed by atoms with Crippen LogP contribution in [0.25, 0.3) is 0 Å². The molecule has 1 atom stereocenters. The number of alkyl halides is 1. The highest BCUT2D eigenvalue weighted by Crippen LogP contribution is 2.34. The Hall–Kier alpha value is -1.00. The first kappa shape index (κ1) is 12.5. The number of hydrogen-bond acceptors (Lipinski definition) is 2. The van der Waals surface area contributed by atoms with Crippen molar-refractivity contribution in [2.24, 2.45) is 0 Å². The summed E-state index contributed by atoms with van der Waals surface area (Å²) < 4.78 is 33.4.